The number of hydrogen-bond donors (Lipinski definition) is 1. The largest absolute Gasteiger partial charge is 0.550 e. The lowest BCUT2D eigenvalue weighted by atomic mass is 9.71. The van der Waals surface area contributed by atoms with Gasteiger partial charge in [0.05, 0.1) is 11.4 Å². The van der Waals surface area contributed by atoms with Gasteiger partial charge >= 0.3 is 0 Å². The highest BCUT2D eigenvalue weighted by molar-refractivity contribution is 6.49. The predicted octanol–water partition coefficient (Wildman–Crippen LogP) is 8.01. The first-order chi connectivity index (χ1) is 16.2. The fourth-order valence-electron chi connectivity index (χ4n) is 6.86. The van der Waals surface area contributed by atoms with E-state index in [-0.39, 0.29) is 17.3 Å². The molecule has 0 radical (unpaired) electrons. The van der Waals surface area contributed by atoms with Gasteiger partial charge in [0, 0.05) is 11.8 Å². The molecule has 2 fully saturated rings. The van der Waals surface area contributed by atoms with Crippen LogP contribution in [0.25, 0.3) is 0 Å². The van der Waals surface area contributed by atoms with Crippen molar-refractivity contribution in [1.82, 2.24) is 0 Å². The van der Waals surface area contributed by atoms with Crippen LogP contribution >= 0.6 is 0 Å². The van der Waals surface area contributed by atoms with Crippen molar-refractivity contribution in [2.75, 3.05) is 0 Å². The van der Waals surface area contributed by atoms with Gasteiger partial charge in [-0.05, 0) is 86.7 Å². The van der Waals surface area contributed by atoms with E-state index in [2.05, 4.69) is 80.4 Å². The molecule has 0 aliphatic heterocycles. The maximum absolute atomic E-state index is 11.4. The fourth-order valence-corrected chi connectivity index (χ4v) is 8.93. The molecule has 0 saturated heterocycles. The van der Waals surface area contributed by atoms with E-state index >= 15 is 0 Å². The number of hydrogen-bond acceptors (Lipinski definition) is 3. The van der Waals surface area contributed by atoms with Gasteiger partial charge < -0.3 is 14.0 Å². The van der Waals surface area contributed by atoms with Gasteiger partial charge in [-0.1, -0.05) is 73.8 Å². The first-order valence-corrected chi connectivity index (χ1v) is 20.2. The minimum Gasteiger partial charge on any atom is -0.550 e. The Kier molecular flexibility index (Phi) is 11.0. The first kappa shape index (κ1) is 30.9. The van der Waals surface area contributed by atoms with Gasteiger partial charge in [0.2, 0.25) is 9.04 Å². The maximum Gasteiger partial charge on any atom is 0.229 e. The Morgan fingerprint density at radius 2 is 1.63 bits per heavy atom. The lowest BCUT2D eigenvalue weighted by Gasteiger charge is -2.37. The number of allylic oxidation sites excluding steroid dienone is 2. The molecule has 0 spiro atoms. The summed E-state index contributed by atoms with van der Waals surface area (Å²) >= 11 is 0. The van der Waals surface area contributed by atoms with Gasteiger partial charge in [0.25, 0.3) is 0 Å². The molecule has 0 amide bonds. The van der Waals surface area contributed by atoms with Crippen LogP contribution in [-0.2, 0) is 8.85 Å². The average Bonchev–Trinajstić information content (AvgIpc) is 3.18. The topological polar surface area (TPSA) is 38.7 Å². The van der Waals surface area contributed by atoms with E-state index in [4.69, 9.17) is 8.85 Å². The van der Waals surface area contributed by atoms with Gasteiger partial charge in [-0.3, -0.25) is 0 Å². The van der Waals surface area contributed by atoms with Crippen LogP contribution in [0.1, 0.15) is 99.3 Å². The van der Waals surface area contributed by atoms with E-state index in [1.54, 1.807) is 0 Å². The van der Waals surface area contributed by atoms with Crippen molar-refractivity contribution in [2.24, 2.45) is 28.6 Å². The smallest absolute Gasteiger partial charge is 0.229 e. The normalized spacial score (nSPS) is 30.0. The molecular formula is C30H58O3Si2. The Labute approximate surface area is 221 Å². The van der Waals surface area contributed by atoms with Crippen LogP contribution in [-0.4, -0.2) is 34.9 Å². The molecule has 2 aliphatic carbocycles. The molecule has 0 aromatic heterocycles. The van der Waals surface area contributed by atoms with E-state index in [1.165, 1.54) is 44.3 Å². The second-order valence-corrected chi connectivity index (χ2v) is 18.4. The lowest BCUT2D eigenvalue weighted by molar-refractivity contribution is -0.0455. The Balaban J connectivity index is 2.54. The first-order valence-electron chi connectivity index (χ1n) is 14.6. The van der Waals surface area contributed by atoms with Gasteiger partial charge in [-0.2, -0.15) is 0 Å². The number of fused-ring (bicyclic) bond motifs is 1. The molecular weight excluding hydrogens is 464 g/mol. The van der Waals surface area contributed by atoms with E-state index in [9.17, 15) is 5.11 Å². The molecule has 0 bridgehead atoms. The van der Waals surface area contributed by atoms with E-state index in [1.807, 2.05) is 0 Å². The third-order valence-corrected chi connectivity index (χ3v) is 10.4. The molecule has 1 unspecified atom stereocenters. The molecule has 2 saturated carbocycles. The summed E-state index contributed by atoms with van der Waals surface area (Å²) in [5, 5.41) is 11.4. The average molecular weight is 523 g/mol. The van der Waals surface area contributed by atoms with Gasteiger partial charge in [-0.25, -0.2) is 0 Å². The molecule has 3 nitrogen and oxygen atoms in total. The zero-order chi connectivity index (χ0) is 26.6. The molecule has 2 aliphatic rings. The van der Waals surface area contributed by atoms with Crippen molar-refractivity contribution in [3.63, 3.8) is 0 Å². The Bertz CT molecular complexity index is 716. The van der Waals surface area contributed by atoms with Gasteiger partial charge in [-0.15, -0.1) is 0 Å². The fraction of sp³-hybridized carbons (Fsp3) is 0.867. The molecule has 1 N–H and O–H groups in total. The summed E-state index contributed by atoms with van der Waals surface area (Å²) in [6.07, 6.45) is 12.4. The standard InChI is InChI=1S/C30H58O3Si2/c1-12-14-17-29(7,18-15-13-2)19-16-25(32-34(8)9)26-23-20-22(3)27(31)30(23,33-35(10)11)21-24(26)28(4,5)6/h16,23-24,26-27,31,34-35H,3,12-15,17-21H2,1-2,4-11H3/t23-,24-,26+,27?,30-/m0/s1. The Morgan fingerprint density at radius 1 is 1.06 bits per heavy atom. The third kappa shape index (κ3) is 7.36. The highest BCUT2D eigenvalue weighted by Crippen LogP contribution is 2.62. The van der Waals surface area contributed by atoms with Crippen molar-refractivity contribution in [1.29, 1.82) is 0 Å². The number of aliphatic hydroxyl groups excluding tert-OH is 1. The summed E-state index contributed by atoms with van der Waals surface area (Å²) in [5.74, 6) is 2.17. The molecule has 35 heavy (non-hydrogen) atoms. The van der Waals surface area contributed by atoms with Crippen molar-refractivity contribution in [2.45, 2.75) is 137 Å². The summed E-state index contributed by atoms with van der Waals surface area (Å²) in [6, 6.07) is 0. The summed E-state index contributed by atoms with van der Waals surface area (Å²) in [6.45, 7) is 27.5. The van der Waals surface area contributed by atoms with Crippen LogP contribution in [0.5, 0.6) is 0 Å². The van der Waals surface area contributed by atoms with Gasteiger partial charge in [0.1, 0.15) is 6.10 Å². The van der Waals surface area contributed by atoms with Crippen molar-refractivity contribution < 1.29 is 14.0 Å². The molecule has 0 heterocycles. The predicted molar refractivity (Wildman–Crippen MR) is 157 cm³/mol. The summed E-state index contributed by atoms with van der Waals surface area (Å²) in [5.41, 5.74) is 0.902. The molecule has 2 rings (SSSR count). The molecule has 5 atom stereocenters. The van der Waals surface area contributed by atoms with Crippen molar-refractivity contribution in [3.8, 4) is 0 Å². The van der Waals surface area contributed by atoms with Crippen molar-refractivity contribution >= 4 is 18.1 Å². The highest BCUT2D eigenvalue weighted by atomic mass is 28.3. The van der Waals surface area contributed by atoms with Crippen LogP contribution in [0.3, 0.4) is 0 Å². The quantitative estimate of drug-likeness (QED) is 0.151. The van der Waals surface area contributed by atoms with Gasteiger partial charge in [0.15, 0.2) is 9.04 Å². The lowest BCUT2D eigenvalue weighted by Crippen LogP contribution is -2.47. The van der Waals surface area contributed by atoms with E-state index in [0.717, 1.165) is 24.8 Å². The second kappa shape index (κ2) is 12.5. The molecule has 0 aromatic carbocycles. The summed E-state index contributed by atoms with van der Waals surface area (Å²) in [4.78, 5) is 0. The molecule has 204 valence electrons. The zero-order valence-corrected chi connectivity index (χ0v) is 27.2. The second-order valence-electron chi connectivity index (χ2n) is 13.7. The molecule has 5 heteroatoms. The van der Waals surface area contributed by atoms with Crippen LogP contribution in [0.4, 0.5) is 0 Å². The van der Waals surface area contributed by atoms with E-state index < -0.39 is 29.8 Å². The van der Waals surface area contributed by atoms with Crippen molar-refractivity contribution in [3.05, 3.63) is 24.0 Å². The van der Waals surface area contributed by atoms with Crippen LogP contribution < -0.4 is 0 Å². The summed E-state index contributed by atoms with van der Waals surface area (Å²) < 4.78 is 13.7. The minimum atomic E-state index is -1.36. The third-order valence-electron chi connectivity index (χ3n) is 8.70. The zero-order valence-electron chi connectivity index (χ0n) is 24.9. The SMILES string of the molecule is C=C1C[C@H]2[C@@H](C(=CCC(C)(CCCC)CCCC)O[SiH](C)C)[C@@H](C(C)(C)C)C[C@@]2(O[SiH](C)C)C1O. The number of aliphatic hydroxyl groups is 1. The monoisotopic (exact) mass is 522 g/mol. The minimum absolute atomic E-state index is 0.111. The summed E-state index contributed by atoms with van der Waals surface area (Å²) in [7, 11) is -2.67. The van der Waals surface area contributed by atoms with Crippen LogP contribution in [0.15, 0.2) is 24.0 Å². The van der Waals surface area contributed by atoms with E-state index in [0.29, 0.717) is 11.3 Å². The molecule has 0 aromatic rings. The highest BCUT2D eigenvalue weighted by Gasteiger charge is 2.65. The van der Waals surface area contributed by atoms with Crippen LogP contribution in [0.2, 0.25) is 26.2 Å². The Morgan fingerprint density at radius 3 is 2.09 bits per heavy atom. The maximum atomic E-state index is 11.4. The Hall–Kier alpha value is -0.366. The number of rotatable bonds is 13. The number of unbranched alkanes of at least 4 members (excludes halogenated alkanes) is 2. The van der Waals surface area contributed by atoms with Crippen LogP contribution in [0, 0.1) is 28.6 Å².